The number of nitrogens with zero attached hydrogens (tertiary/aromatic N) is 4. The van der Waals surface area contributed by atoms with Gasteiger partial charge in [-0.05, 0) is 77.9 Å². The van der Waals surface area contributed by atoms with E-state index in [1.165, 1.54) is 49.4 Å². The largest absolute Gasteiger partial charge is 0.309 e. The van der Waals surface area contributed by atoms with Crippen LogP contribution in [0.5, 0.6) is 0 Å². The average Bonchev–Trinajstić information content (AvgIpc) is 3.57. The Kier molecular flexibility index (Phi) is 4.87. The number of hydrogen-bond donors (Lipinski definition) is 0. The topological polar surface area (TPSA) is 35.6 Å². The molecule has 0 amide bonds. The van der Waals surface area contributed by atoms with Crippen LogP contribution in [-0.2, 0) is 0 Å². The first-order valence-corrected chi connectivity index (χ1v) is 14.2. The summed E-state index contributed by atoms with van der Waals surface area (Å²) in [5, 5.41) is 5.99. The van der Waals surface area contributed by atoms with Gasteiger partial charge in [0.15, 0.2) is 5.65 Å². The van der Waals surface area contributed by atoms with Crippen molar-refractivity contribution in [1.29, 1.82) is 0 Å². The lowest BCUT2D eigenvalue weighted by Gasteiger charge is -2.09. The summed E-state index contributed by atoms with van der Waals surface area (Å²) in [7, 11) is 0. The van der Waals surface area contributed by atoms with Crippen LogP contribution in [0.3, 0.4) is 0 Å². The maximum absolute atomic E-state index is 4.66. The van der Waals surface area contributed by atoms with Gasteiger partial charge in [-0.1, -0.05) is 66.7 Å². The van der Waals surface area contributed by atoms with E-state index >= 15 is 0 Å². The van der Waals surface area contributed by atoms with Gasteiger partial charge in [-0.25, -0.2) is 9.97 Å². The molecule has 0 aliphatic carbocycles. The number of rotatable bonds is 3. The third-order valence-corrected chi connectivity index (χ3v) is 8.39. The van der Waals surface area contributed by atoms with Gasteiger partial charge in [0.2, 0.25) is 0 Å². The predicted octanol–water partition coefficient (Wildman–Crippen LogP) is 9.49. The van der Waals surface area contributed by atoms with Gasteiger partial charge < -0.3 is 9.13 Å². The second kappa shape index (κ2) is 8.88. The molecule has 0 saturated heterocycles. The fraction of sp³-hybridized carbons (Fsp3) is 0. The van der Waals surface area contributed by atoms with Crippen molar-refractivity contribution in [3.05, 3.63) is 146 Å². The van der Waals surface area contributed by atoms with E-state index in [2.05, 4.69) is 146 Å². The molecule has 0 saturated carbocycles. The lowest BCUT2D eigenvalue weighted by molar-refractivity contribution is 1.15. The van der Waals surface area contributed by atoms with Gasteiger partial charge in [0, 0.05) is 38.8 Å². The molecule has 196 valence electrons. The van der Waals surface area contributed by atoms with E-state index in [9.17, 15) is 0 Å². The summed E-state index contributed by atoms with van der Waals surface area (Å²) in [6.45, 7) is 0. The van der Waals surface area contributed by atoms with E-state index in [0.29, 0.717) is 0 Å². The molecule has 0 spiro atoms. The van der Waals surface area contributed by atoms with Gasteiger partial charge in [-0.2, -0.15) is 0 Å². The Morgan fingerprint density at radius 3 is 1.64 bits per heavy atom. The molecule has 0 atom stereocenters. The fourth-order valence-corrected chi connectivity index (χ4v) is 6.51. The van der Waals surface area contributed by atoms with Gasteiger partial charge in [0.25, 0.3) is 0 Å². The van der Waals surface area contributed by atoms with E-state index in [0.717, 1.165) is 27.8 Å². The minimum absolute atomic E-state index is 0.758. The second-order valence-electron chi connectivity index (χ2n) is 10.7. The van der Waals surface area contributed by atoms with Crippen molar-refractivity contribution in [3.8, 4) is 22.5 Å². The number of benzene rings is 5. The molecule has 0 aliphatic heterocycles. The highest BCUT2D eigenvalue weighted by Crippen LogP contribution is 2.38. The molecule has 5 aromatic carbocycles. The summed E-state index contributed by atoms with van der Waals surface area (Å²) in [4.78, 5) is 9.07. The quantitative estimate of drug-likeness (QED) is 0.225. The zero-order valence-electron chi connectivity index (χ0n) is 22.6. The van der Waals surface area contributed by atoms with E-state index in [4.69, 9.17) is 0 Å². The van der Waals surface area contributed by atoms with Crippen LogP contribution in [0.15, 0.2) is 146 Å². The van der Waals surface area contributed by atoms with Crippen molar-refractivity contribution in [2.24, 2.45) is 0 Å². The highest BCUT2D eigenvalue weighted by atomic mass is 15.0. The Hall–Kier alpha value is -5.74. The minimum atomic E-state index is 0.758. The van der Waals surface area contributed by atoms with E-state index in [1.807, 2.05) is 12.3 Å². The van der Waals surface area contributed by atoms with Crippen LogP contribution in [-0.4, -0.2) is 19.1 Å². The van der Waals surface area contributed by atoms with Crippen LogP contribution in [0.2, 0.25) is 0 Å². The molecule has 0 fully saturated rings. The summed E-state index contributed by atoms with van der Waals surface area (Å²) in [6, 6.07) is 47.8. The molecule has 9 rings (SSSR count). The standard InChI is InChI=1S/C38H24N4/c1-2-10-28(11-3-1)41-34-14-6-4-12-30(34)32-22-25(16-18-36(32)41)26-17-19-37-33(23-26)31-13-5-7-15-35(31)42(37)29-21-27-9-8-20-39-38(27)40-24-29/h1-24H. The number of pyridine rings is 2. The SMILES string of the molecule is c1ccc(-n2c3ccccc3c3cc(-c4ccc5c(c4)c4ccccc4n5-c4cnc5ncccc5c4)ccc32)cc1. The zero-order valence-corrected chi connectivity index (χ0v) is 22.6. The maximum atomic E-state index is 4.66. The van der Waals surface area contributed by atoms with Crippen molar-refractivity contribution in [2.75, 3.05) is 0 Å². The fourth-order valence-electron chi connectivity index (χ4n) is 6.51. The molecule has 0 bridgehead atoms. The summed E-state index contributed by atoms with van der Waals surface area (Å²) >= 11 is 0. The normalized spacial score (nSPS) is 11.8. The predicted molar refractivity (Wildman–Crippen MR) is 174 cm³/mol. The van der Waals surface area contributed by atoms with E-state index in [-0.39, 0.29) is 0 Å². The smallest absolute Gasteiger partial charge is 0.159 e. The van der Waals surface area contributed by atoms with Gasteiger partial charge in [0.05, 0.1) is 34.0 Å². The van der Waals surface area contributed by atoms with Gasteiger partial charge in [-0.3, -0.25) is 0 Å². The molecule has 0 unspecified atom stereocenters. The number of aromatic nitrogens is 4. The molecule has 4 heterocycles. The second-order valence-corrected chi connectivity index (χ2v) is 10.7. The van der Waals surface area contributed by atoms with Crippen molar-refractivity contribution in [2.45, 2.75) is 0 Å². The molecule has 4 heteroatoms. The van der Waals surface area contributed by atoms with E-state index < -0.39 is 0 Å². The Morgan fingerprint density at radius 2 is 0.976 bits per heavy atom. The van der Waals surface area contributed by atoms with Crippen LogP contribution >= 0.6 is 0 Å². The third-order valence-electron chi connectivity index (χ3n) is 8.39. The summed E-state index contributed by atoms with van der Waals surface area (Å²) in [6.07, 6.45) is 3.71. The number of para-hydroxylation sites is 3. The van der Waals surface area contributed by atoms with Crippen molar-refractivity contribution in [1.82, 2.24) is 19.1 Å². The summed E-state index contributed by atoms with van der Waals surface area (Å²) in [5.74, 6) is 0. The highest BCUT2D eigenvalue weighted by Gasteiger charge is 2.16. The Balaban J connectivity index is 1.26. The Morgan fingerprint density at radius 1 is 0.405 bits per heavy atom. The van der Waals surface area contributed by atoms with Crippen LogP contribution in [0.1, 0.15) is 0 Å². The lowest BCUT2D eigenvalue weighted by atomic mass is 10.0. The first-order chi connectivity index (χ1) is 20.8. The van der Waals surface area contributed by atoms with Crippen molar-refractivity contribution in [3.63, 3.8) is 0 Å². The number of hydrogen-bond acceptors (Lipinski definition) is 2. The van der Waals surface area contributed by atoms with Crippen LogP contribution in [0, 0.1) is 0 Å². The van der Waals surface area contributed by atoms with E-state index in [1.54, 1.807) is 6.20 Å². The molecule has 4 aromatic heterocycles. The van der Waals surface area contributed by atoms with Gasteiger partial charge >= 0.3 is 0 Å². The summed E-state index contributed by atoms with van der Waals surface area (Å²) in [5.41, 5.74) is 10.1. The van der Waals surface area contributed by atoms with Crippen LogP contribution in [0.25, 0.3) is 77.1 Å². The van der Waals surface area contributed by atoms with Gasteiger partial charge in [0.1, 0.15) is 0 Å². The highest BCUT2D eigenvalue weighted by molar-refractivity contribution is 6.12. The minimum Gasteiger partial charge on any atom is -0.309 e. The third kappa shape index (κ3) is 3.36. The first-order valence-electron chi connectivity index (χ1n) is 14.2. The molecule has 0 radical (unpaired) electrons. The van der Waals surface area contributed by atoms with Crippen molar-refractivity contribution >= 4 is 54.6 Å². The van der Waals surface area contributed by atoms with Crippen LogP contribution in [0.4, 0.5) is 0 Å². The number of fused-ring (bicyclic) bond motifs is 7. The van der Waals surface area contributed by atoms with Gasteiger partial charge in [-0.15, -0.1) is 0 Å². The van der Waals surface area contributed by atoms with Crippen molar-refractivity contribution < 1.29 is 0 Å². The molecule has 9 aromatic rings. The molecule has 4 nitrogen and oxygen atoms in total. The monoisotopic (exact) mass is 536 g/mol. The Bertz CT molecular complexity index is 2470. The molecule has 42 heavy (non-hydrogen) atoms. The molecular formula is C38H24N4. The first kappa shape index (κ1) is 23.0. The molecule has 0 N–H and O–H groups in total. The summed E-state index contributed by atoms with van der Waals surface area (Å²) < 4.78 is 4.67. The van der Waals surface area contributed by atoms with Crippen LogP contribution < -0.4 is 0 Å². The Labute approximate surface area is 241 Å². The molecular weight excluding hydrogens is 512 g/mol. The zero-order chi connectivity index (χ0) is 27.6. The average molecular weight is 537 g/mol. The maximum Gasteiger partial charge on any atom is 0.159 e. The molecule has 0 aliphatic rings. The lowest BCUT2D eigenvalue weighted by Crippen LogP contribution is -1.95.